The van der Waals surface area contributed by atoms with Crippen LogP contribution in [-0.4, -0.2) is 34.4 Å². The van der Waals surface area contributed by atoms with E-state index in [1.54, 1.807) is 18.4 Å². The van der Waals surface area contributed by atoms with E-state index in [4.69, 9.17) is 9.15 Å². The van der Waals surface area contributed by atoms with Crippen molar-refractivity contribution in [2.24, 2.45) is 0 Å². The van der Waals surface area contributed by atoms with Gasteiger partial charge < -0.3 is 19.4 Å². The zero-order valence-corrected chi connectivity index (χ0v) is 15.4. The summed E-state index contributed by atoms with van der Waals surface area (Å²) >= 11 is 0. The summed E-state index contributed by atoms with van der Waals surface area (Å²) in [5.41, 5.74) is 1.84. The zero-order valence-electron chi connectivity index (χ0n) is 15.4. The van der Waals surface area contributed by atoms with E-state index in [1.165, 1.54) is 0 Å². The number of aliphatic hydroxyl groups excluding tert-OH is 1. The Kier molecular flexibility index (Phi) is 6.52. The van der Waals surface area contributed by atoms with Gasteiger partial charge in [-0.1, -0.05) is 36.4 Å². The lowest BCUT2D eigenvalue weighted by Gasteiger charge is -2.25. The number of rotatable bonds is 9. The molecule has 0 fully saturated rings. The first-order chi connectivity index (χ1) is 13.1. The second kappa shape index (κ2) is 9.26. The number of phenolic OH excluding ortho intramolecular Hbond substituents is 1. The average molecular weight is 367 g/mol. The van der Waals surface area contributed by atoms with Crippen molar-refractivity contribution in [3.63, 3.8) is 0 Å². The first-order valence-electron chi connectivity index (χ1n) is 9.00. The molecule has 5 nitrogen and oxygen atoms in total. The highest BCUT2D eigenvalue weighted by Gasteiger charge is 2.16. The summed E-state index contributed by atoms with van der Waals surface area (Å²) in [5.74, 6) is 1.82. The Morgan fingerprint density at radius 1 is 1.00 bits per heavy atom. The molecule has 0 saturated carbocycles. The van der Waals surface area contributed by atoms with Gasteiger partial charge in [0.1, 0.15) is 30.0 Å². The summed E-state index contributed by atoms with van der Waals surface area (Å²) in [4.78, 5) is 2.03. The molecule has 0 saturated heterocycles. The minimum atomic E-state index is -0.676. The zero-order chi connectivity index (χ0) is 19.1. The van der Waals surface area contributed by atoms with E-state index in [-0.39, 0.29) is 12.4 Å². The maximum absolute atomic E-state index is 10.5. The van der Waals surface area contributed by atoms with Crippen molar-refractivity contribution in [2.75, 3.05) is 13.2 Å². The van der Waals surface area contributed by atoms with E-state index in [9.17, 15) is 10.2 Å². The van der Waals surface area contributed by atoms with Crippen molar-refractivity contribution < 1.29 is 19.4 Å². The fourth-order valence-electron chi connectivity index (χ4n) is 2.95. The van der Waals surface area contributed by atoms with Crippen LogP contribution in [0.4, 0.5) is 0 Å². The molecule has 0 aliphatic rings. The molecular weight excluding hydrogens is 342 g/mol. The molecule has 0 radical (unpaired) electrons. The van der Waals surface area contributed by atoms with Crippen LogP contribution in [0, 0.1) is 6.92 Å². The summed E-state index contributed by atoms with van der Waals surface area (Å²) in [5, 5.41) is 20.6. The number of phenols is 1. The van der Waals surface area contributed by atoms with Crippen LogP contribution < -0.4 is 4.74 Å². The molecule has 0 spiro atoms. The third-order valence-electron chi connectivity index (χ3n) is 4.34. The van der Waals surface area contributed by atoms with E-state index in [1.807, 2.05) is 60.4 Å². The number of aliphatic hydroxyl groups is 1. The first kappa shape index (κ1) is 19.0. The van der Waals surface area contributed by atoms with Crippen molar-refractivity contribution in [3.8, 4) is 11.5 Å². The van der Waals surface area contributed by atoms with Crippen molar-refractivity contribution >= 4 is 0 Å². The quantitative estimate of drug-likeness (QED) is 0.603. The van der Waals surface area contributed by atoms with Crippen LogP contribution in [0.2, 0.25) is 0 Å². The number of furan rings is 1. The lowest BCUT2D eigenvalue weighted by atomic mass is 10.1. The fourth-order valence-corrected chi connectivity index (χ4v) is 2.95. The Balaban J connectivity index is 1.63. The second-order valence-electron chi connectivity index (χ2n) is 6.61. The number of aromatic hydroxyl groups is 1. The first-order valence-corrected chi connectivity index (χ1v) is 9.00. The average Bonchev–Trinajstić information content (AvgIpc) is 3.16. The molecule has 0 amide bonds. The predicted molar refractivity (Wildman–Crippen MR) is 104 cm³/mol. The van der Waals surface area contributed by atoms with Gasteiger partial charge in [-0.05, 0) is 36.8 Å². The minimum Gasteiger partial charge on any atom is -0.508 e. The van der Waals surface area contributed by atoms with Gasteiger partial charge in [0, 0.05) is 18.7 Å². The van der Waals surface area contributed by atoms with Gasteiger partial charge in [0.2, 0.25) is 0 Å². The Morgan fingerprint density at radius 2 is 1.78 bits per heavy atom. The van der Waals surface area contributed by atoms with Gasteiger partial charge in [-0.2, -0.15) is 0 Å². The molecule has 3 rings (SSSR count). The molecule has 0 bridgehead atoms. The summed E-state index contributed by atoms with van der Waals surface area (Å²) < 4.78 is 11.2. The summed E-state index contributed by atoms with van der Waals surface area (Å²) in [7, 11) is 0. The number of ether oxygens (including phenoxy) is 1. The highest BCUT2D eigenvalue weighted by atomic mass is 16.5. The topological polar surface area (TPSA) is 66.1 Å². The highest BCUT2D eigenvalue weighted by Crippen LogP contribution is 2.20. The Bertz CT molecular complexity index is 832. The van der Waals surface area contributed by atoms with Gasteiger partial charge in [-0.3, -0.25) is 4.90 Å². The van der Waals surface area contributed by atoms with Crippen LogP contribution in [0.25, 0.3) is 0 Å². The van der Waals surface area contributed by atoms with Gasteiger partial charge in [0.05, 0.1) is 12.8 Å². The number of aryl methyl sites for hydroxylation is 1. The SMILES string of the molecule is Cc1ccccc1OCC(O)CN(Cc1ccco1)Cc1ccccc1O. The van der Waals surface area contributed by atoms with Crippen LogP contribution in [0.1, 0.15) is 16.9 Å². The maximum atomic E-state index is 10.5. The molecule has 2 aromatic carbocycles. The number of para-hydroxylation sites is 2. The third kappa shape index (κ3) is 5.61. The summed E-state index contributed by atoms with van der Waals surface area (Å²) in [6.45, 7) is 3.59. The molecule has 2 N–H and O–H groups in total. The third-order valence-corrected chi connectivity index (χ3v) is 4.34. The van der Waals surface area contributed by atoms with Crippen LogP contribution in [-0.2, 0) is 13.1 Å². The molecule has 1 aromatic heterocycles. The molecule has 3 aromatic rings. The summed E-state index contributed by atoms with van der Waals surface area (Å²) in [6.07, 6.45) is 0.955. The monoisotopic (exact) mass is 367 g/mol. The van der Waals surface area contributed by atoms with Gasteiger partial charge in [-0.25, -0.2) is 0 Å². The molecule has 1 atom stereocenters. The van der Waals surface area contributed by atoms with Crippen molar-refractivity contribution in [3.05, 3.63) is 83.8 Å². The lowest BCUT2D eigenvalue weighted by molar-refractivity contribution is 0.0600. The highest BCUT2D eigenvalue weighted by molar-refractivity contribution is 5.32. The number of hydrogen-bond donors (Lipinski definition) is 2. The van der Waals surface area contributed by atoms with E-state index < -0.39 is 6.10 Å². The van der Waals surface area contributed by atoms with Gasteiger partial charge in [0.15, 0.2) is 0 Å². The molecule has 142 valence electrons. The van der Waals surface area contributed by atoms with Crippen LogP contribution in [0.5, 0.6) is 11.5 Å². The van der Waals surface area contributed by atoms with Crippen molar-refractivity contribution in [1.29, 1.82) is 0 Å². The lowest BCUT2D eigenvalue weighted by Crippen LogP contribution is -2.35. The Morgan fingerprint density at radius 3 is 2.52 bits per heavy atom. The van der Waals surface area contributed by atoms with Gasteiger partial charge >= 0.3 is 0 Å². The fraction of sp³-hybridized carbons (Fsp3) is 0.273. The van der Waals surface area contributed by atoms with E-state index in [2.05, 4.69) is 0 Å². The predicted octanol–water partition coefficient (Wildman–Crippen LogP) is 3.74. The standard InChI is InChI=1S/C22H25NO4/c1-17-7-2-5-11-22(17)27-16-19(24)14-23(15-20-9-6-12-26-20)13-18-8-3-4-10-21(18)25/h2-12,19,24-25H,13-16H2,1H3. The molecule has 1 heterocycles. The molecule has 0 aliphatic carbocycles. The normalized spacial score (nSPS) is 12.3. The largest absolute Gasteiger partial charge is 0.508 e. The minimum absolute atomic E-state index is 0.195. The Hall–Kier alpha value is -2.76. The maximum Gasteiger partial charge on any atom is 0.122 e. The number of nitrogens with zero attached hydrogens (tertiary/aromatic N) is 1. The molecular formula is C22H25NO4. The van der Waals surface area contributed by atoms with Gasteiger partial charge in [0.25, 0.3) is 0 Å². The molecule has 0 aliphatic heterocycles. The Labute approximate surface area is 159 Å². The molecule has 27 heavy (non-hydrogen) atoms. The van der Waals surface area contributed by atoms with Crippen LogP contribution >= 0.6 is 0 Å². The number of hydrogen-bond acceptors (Lipinski definition) is 5. The van der Waals surface area contributed by atoms with E-state index in [0.29, 0.717) is 19.6 Å². The van der Waals surface area contributed by atoms with Crippen molar-refractivity contribution in [2.45, 2.75) is 26.1 Å². The second-order valence-corrected chi connectivity index (χ2v) is 6.61. The van der Waals surface area contributed by atoms with Crippen molar-refractivity contribution in [1.82, 2.24) is 4.90 Å². The van der Waals surface area contributed by atoms with Crippen LogP contribution in [0.15, 0.2) is 71.3 Å². The van der Waals surface area contributed by atoms with E-state index in [0.717, 1.165) is 22.6 Å². The summed E-state index contributed by atoms with van der Waals surface area (Å²) in [6, 6.07) is 18.7. The van der Waals surface area contributed by atoms with E-state index >= 15 is 0 Å². The molecule has 1 unspecified atom stereocenters. The molecule has 5 heteroatoms. The van der Waals surface area contributed by atoms with Crippen LogP contribution in [0.3, 0.4) is 0 Å². The van der Waals surface area contributed by atoms with Gasteiger partial charge in [-0.15, -0.1) is 0 Å². The smallest absolute Gasteiger partial charge is 0.122 e. The number of benzene rings is 2.